The Morgan fingerprint density at radius 1 is 1.43 bits per heavy atom. The SMILES string of the molecule is Cc1cc2cnn(C)c2c(C=O)c1C. The van der Waals surface area contributed by atoms with E-state index in [1.54, 1.807) is 10.9 Å². The maximum atomic E-state index is 11.0. The molecule has 2 rings (SSSR count). The maximum Gasteiger partial charge on any atom is 0.152 e. The summed E-state index contributed by atoms with van der Waals surface area (Å²) >= 11 is 0. The van der Waals surface area contributed by atoms with Crippen molar-refractivity contribution in [3.05, 3.63) is 29.0 Å². The molecule has 3 nitrogen and oxygen atoms in total. The number of aromatic nitrogens is 2. The minimum Gasteiger partial charge on any atom is -0.298 e. The third-order valence-corrected chi connectivity index (χ3v) is 2.71. The lowest BCUT2D eigenvalue weighted by atomic mass is 10.0. The fourth-order valence-electron chi connectivity index (χ4n) is 1.77. The van der Waals surface area contributed by atoms with Crippen molar-refractivity contribution in [1.29, 1.82) is 0 Å². The highest BCUT2D eigenvalue weighted by molar-refractivity contribution is 5.98. The van der Waals surface area contributed by atoms with Gasteiger partial charge in [0, 0.05) is 18.0 Å². The number of rotatable bonds is 1. The van der Waals surface area contributed by atoms with Gasteiger partial charge in [-0.25, -0.2) is 0 Å². The fraction of sp³-hybridized carbons (Fsp3) is 0.273. The molecular formula is C11H12N2O. The summed E-state index contributed by atoms with van der Waals surface area (Å²) in [6.07, 6.45) is 2.70. The highest BCUT2D eigenvalue weighted by Crippen LogP contribution is 2.23. The van der Waals surface area contributed by atoms with Gasteiger partial charge in [-0.3, -0.25) is 9.48 Å². The van der Waals surface area contributed by atoms with Crippen LogP contribution in [0.2, 0.25) is 0 Å². The van der Waals surface area contributed by atoms with Gasteiger partial charge in [0.15, 0.2) is 6.29 Å². The van der Waals surface area contributed by atoms with Gasteiger partial charge in [0.25, 0.3) is 0 Å². The summed E-state index contributed by atoms with van der Waals surface area (Å²) < 4.78 is 1.74. The minimum atomic E-state index is 0.750. The molecule has 3 heteroatoms. The molecule has 0 spiro atoms. The zero-order chi connectivity index (χ0) is 10.3. The molecule has 0 radical (unpaired) electrons. The zero-order valence-corrected chi connectivity index (χ0v) is 8.53. The number of benzene rings is 1. The first-order valence-corrected chi connectivity index (χ1v) is 4.52. The van der Waals surface area contributed by atoms with E-state index in [2.05, 4.69) is 11.2 Å². The van der Waals surface area contributed by atoms with E-state index in [1.165, 1.54) is 0 Å². The Bertz CT molecular complexity index is 511. The van der Waals surface area contributed by atoms with Crippen LogP contribution in [0.5, 0.6) is 0 Å². The molecule has 0 unspecified atom stereocenters. The molecule has 0 saturated carbocycles. The molecule has 0 aliphatic rings. The van der Waals surface area contributed by atoms with Crippen molar-refractivity contribution < 1.29 is 4.79 Å². The molecule has 0 aliphatic heterocycles. The molecule has 0 bridgehead atoms. The van der Waals surface area contributed by atoms with E-state index >= 15 is 0 Å². The Morgan fingerprint density at radius 3 is 2.79 bits per heavy atom. The summed E-state index contributed by atoms with van der Waals surface area (Å²) in [5.74, 6) is 0. The molecule has 14 heavy (non-hydrogen) atoms. The number of carbonyl (C=O) groups excluding carboxylic acids is 1. The normalized spacial score (nSPS) is 10.8. The summed E-state index contributed by atoms with van der Waals surface area (Å²) in [5.41, 5.74) is 3.84. The number of carbonyl (C=O) groups is 1. The topological polar surface area (TPSA) is 34.9 Å². The van der Waals surface area contributed by atoms with Crippen LogP contribution in [0.3, 0.4) is 0 Å². The third-order valence-electron chi connectivity index (χ3n) is 2.71. The van der Waals surface area contributed by atoms with E-state index in [1.807, 2.05) is 20.9 Å². The molecule has 72 valence electrons. The number of aldehydes is 1. The summed E-state index contributed by atoms with van der Waals surface area (Å²) in [6.45, 7) is 3.97. The third kappa shape index (κ3) is 1.05. The quantitative estimate of drug-likeness (QED) is 0.641. The lowest BCUT2D eigenvalue weighted by Crippen LogP contribution is -1.97. The number of hydrogen-bond acceptors (Lipinski definition) is 2. The van der Waals surface area contributed by atoms with Crippen LogP contribution >= 0.6 is 0 Å². The molecular weight excluding hydrogens is 176 g/mol. The van der Waals surface area contributed by atoms with Gasteiger partial charge < -0.3 is 0 Å². The second-order valence-electron chi connectivity index (χ2n) is 3.56. The van der Waals surface area contributed by atoms with Gasteiger partial charge in [0.2, 0.25) is 0 Å². The van der Waals surface area contributed by atoms with Gasteiger partial charge in [0.05, 0.1) is 11.7 Å². The molecule has 0 saturated heterocycles. The lowest BCUT2D eigenvalue weighted by molar-refractivity contribution is 0.112. The Hall–Kier alpha value is -1.64. The van der Waals surface area contributed by atoms with E-state index < -0.39 is 0 Å². The minimum absolute atomic E-state index is 0.750. The fourth-order valence-corrected chi connectivity index (χ4v) is 1.77. The van der Waals surface area contributed by atoms with Gasteiger partial charge in [-0.05, 0) is 31.0 Å². The Labute approximate surface area is 82.3 Å². The van der Waals surface area contributed by atoms with Crippen LogP contribution in [0, 0.1) is 13.8 Å². The molecule has 0 fully saturated rings. The first kappa shape index (κ1) is 8.94. The molecule has 1 aromatic carbocycles. The standard InChI is InChI=1S/C11H12N2O/c1-7-4-9-5-12-13(3)11(9)10(6-14)8(7)2/h4-6H,1-3H3. The van der Waals surface area contributed by atoms with Gasteiger partial charge in [-0.1, -0.05) is 0 Å². The van der Waals surface area contributed by atoms with Crippen molar-refractivity contribution in [1.82, 2.24) is 9.78 Å². The highest BCUT2D eigenvalue weighted by atomic mass is 16.1. The molecule has 0 atom stereocenters. The van der Waals surface area contributed by atoms with Crippen molar-refractivity contribution in [3.63, 3.8) is 0 Å². The van der Waals surface area contributed by atoms with E-state index in [9.17, 15) is 4.79 Å². The predicted molar refractivity (Wildman–Crippen MR) is 55.6 cm³/mol. The second-order valence-corrected chi connectivity index (χ2v) is 3.56. The molecule has 2 aromatic rings. The van der Waals surface area contributed by atoms with Crippen LogP contribution < -0.4 is 0 Å². The van der Waals surface area contributed by atoms with Crippen LogP contribution in [0.4, 0.5) is 0 Å². The number of fused-ring (bicyclic) bond motifs is 1. The van der Waals surface area contributed by atoms with Crippen molar-refractivity contribution in [2.75, 3.05) is 0 Å². The van der Waals surface area contributed by atoms with Crippen molar-refractivity contribution in [3.8, 4) is 0 Å². The van der Waals surface area contributed by atoms with E-state index in [-0.39, 0.29) is 0 Å². The van der Waals surface area contributed by atoms with E-state index in [0.717, 1.165) is 33.9 Å². The first-order valence-electron chi connectivity index (χ1n) is 4.52. The van der Waals surface area contributed by atoms with E-state index in [4.69, 9.17) is 0 Å². The smallest absolute Gasteiger partial charge is 0.152 e. The van der Waals surface area contributed by atoms with Gasteiger partial charge in [-0.15, -0.1) is 0 Å². The van der Waals surface area contributed by atoms with E-state index in [0.29, 0.717) is 0 Å². The molecule has 0 aliphatic carbocycles. The predicted octanol–water partition coefficient (Wildman–Crippen LogP) is 2.00. The Balaban J connectivity index is 2.99. The highest BCUT2D eigenvalue weighted by Gasteiger charge is 2.10. The first-order chi connectivity index (χ1) is 6.65. The maximum absolute atomic E-state index is 11.0. The summed E-state index contributed by atoms with van der Waals surface area (Å²) in [6, 6.07) is 2.06. The second kappa shape index (κ2) is 2.94. The average molecular weight is 188 g/mol. The lowest BCUT2D eigenvalue weighted by Gasteiger charge is -2.05. The number of nitrogens with zero attached hydrogens (tertiary/aromatic N) is 2. The van der Waals surface area contributed by atoms with Crippen LogP contribution in [-0.2, 0) is 7.05 Å². The molecule has 0 amide bonds. The summed E-state index contributed by atoms with van der Waals surface area (Å²) in [5, 5.41) is 5.17. The van der Waals surface area contributed by atoms with Crippen LogP contribution in [0.15, 0.2) is 12.3 Å². The Kier molecular flexibility index (Phi) is 1.88. The van der Waals surface area contributed by atoms with Crippen molar-refractivity contribution in [2.45, 2.75) is 13.8 Å². The molecule has 0 N–H and O–H groups in total. The number of hydrogen-bond donors (Lipinski definition) is 0. The van der Waals surface area contributed by atoms with Gasteiger partial charge in [0.1, 0.15) is 0 Å². The zero-order valence-electron chi connectivity index (χ0n) is 8.53. The average Bonchev–Trinajstić information content (AvgIpc) is 2.50. The summed E-state index contributed by atoms with van der Waals surface area (Å²) in [7, 11) is 1.85. The van der Waals surface area contributed by atoms with Crippen LogP contribution in [-0.4, -0.2) is 16.1 Å². The largest absolute Gasteiger partial charge is 0.298 e. The van der Waals surface area contributed by atoms with Gasteiger partial charge in [-0.2, -0.15) is 5.10 Å². The molecule has 1 aromatic heterocycles. The Morgan fingerprint density at radius 2 is 2.14 bits per heavy atom. The van der Waals surface area contributed by atoms with Crippen LogP contribution in [0.25, 0.3) is 10.9 Å². The number of aryl methyl sites for hydroxylation is 2. The van der Waals surface area contributed by atoms with Gasteiger partial charge >= 0.3 is 0 Å². The van der Waals surface area contributed by atoms with Crippen molar-refractivity contribution in [2.24, 2.45) is 7.05 Å². The van der Waals surface area contributed by atoms with Crippen molar-refractivity contribution >= 4 is 17.2 Å². The molecule has 1 heterocycles. The van der Waals surface area contributed by atoms with Crippen LogP contribution in [0.1, 0.15) is 21.5 Å². The monoisotopic (exact) mass is 188 g/mol. The summed E-state index contributed by atoms with van der Waals surface area (Å²) in [4.78, 5) is 11.0.